The minimum absolute atomic E-state index is 0.856. The van der Waals surface area contributed by atoms with Crippen molar-refractivity contribution in [3.8, 4) is 0 Å². The van der Waals surface area contributed by atoms with E-state index in [1.807, 2.05) is 227 Å². The number of nitrogens with zero attached hydrogens (tertiary/aromatic N) is 9. The molecule has 0 aromatic carbocycles. The molecule has 0 fully saturated rings. The van der Waals surface area contributed by atoms with E-state index in [9.17, 15) is 0 Å². The third-order valence-electron chi connectivity index (χ3n) is 5.80. The predicted molar refractivity (Wildman–Crippen MR) is 328 cm³/mol. The van der Waals surface area contributed by atoms with Crippen molar-refractivity contribution in [2.75, 3.05) is 19.6 Å². The van der Waals surface area contributed by atoms with Crippen LogP contribution in [0, 0.1) is 41.5 Å². The van der Waals surface area contributed by atoms with Gasteiger partial charge in [-0.25, -0.2) is 8.75 Å². The van der Waals surface area contributed by atoms with Gasteiger partial charge in [0, 0.05) is 63.9 Å². The maximum Gasteiger partial charge on any atom is 0.133 e. The molecule has 3 aliphatic rings. The van der Waals surface area contributed by atoms with Crippen LogP contribution in [0.4, 0.5) is 0 Å². The Morgan fingerprint density at radius 1 is 0.569 bits per heavy atom. The lowest BCUT2D eigenvalue weighted by molar-refractivity contribution is 0.397. The molecule has 0 unspecified atom stereocenters. The van der Waals surface area contributed by atoms with Crippen molar-refractivity contribution in [2.24, 2.45) is 15.0 Å². The predicted octanol–water partition coefficient (Wildman–Crippen LogP) is 19.6. The summed E-state index contributed by atoms with van der Waals surface area (Å²) in [5, 5.41) is 14.4. The first-order valence-electron chi connectivity index (χ1n) is 25.7. The van der Waals surface area contributed by atoms with E-state index in [1.54, 1.807) is 43.2 Å². The summed E-state index contributed by atoms with van der Waals surface area (Å²) in [6.45, 7) is 56.6. The number of rotatable bonds is 0. The van der Waals surface area contributed by atoms with E-state index < -0.39 is 0 Å². The molecule has 9 rings (SSSR count). The van der Waals surface area contributed by atoms with Crippen LogP contribution in [0.15, 0.2) is 136 Å². The Hall–Kier alpha value is -5.25. The van der Waals surface area contributed by atoms with Crippen LogP contribution in [0.2, 0.25) is 0 Å². The largest absolute Gasteiger partial charge is 0.365 e. The molecule has 0 bridgehead atoms. The SMILES string of the molecule is CC.CC.CC.CC.CC.CC.CC.CC.CC.CC1=CC=NC1.CC1=CCN=C1.CC1=NCC=C1.Cc1ccno1.Cc1ccns1.Cc1ccon1.Cc1ccsn1.Cc1cnoc1.Cc1cnsc1. The zero-order valence-corrected chi connectivity index (χ0v) is 52.9. The van der Waals surface area contributed by atoms with Gasteiger partial charge < -0.3 is 13.6 Å². The van der Waals surface area contributed by atoms with Gasteiger partial charge in [-0.2, -0.15) is 4.37 Å². The van der Waals surface area contributed by atoms with Gasteiger partial charge in [-0.15, -0.1) is 0 Å². The van der Waals surface area contributed by atoms with E-state index in [-0.39, 0.29) is 0 Å². The first kappa shape index (κ1) is 86.5. The van der Waals surface area contributed by atoms with Crippen molar-refractivity contribution in [3.63, 3.8) is 0 Å². The molecule has 9 heterocycles. The second kappa shape index (κ2) is 82.7. The Labute approximate surface area is 455 Å². The van der Waals surface area contributed by atoms with E-state index in [4.69, 9.17) is 0 Å². The summed E-state index contributed by atoms with van der Waals surface area (Å²) >= 11 is 4.51. The van der Waals surface area contributed by atoms with Gasteiger partial charge in [0.25, 0.3) is 0 Å². The molecule has 0 N–H and O–H groups in total. The molecule has 6 aromatic heterocycles. The Bertz CT molecular complexity index is 1580. The smallest absolute Gasteiger partial charge is 0.133 e. The maximum absolute atomic E-state index is 4.58. The summed E-state index contributed by atoms with van der Waals surface area (Å²) < 4.78 is 25.2. The fourth-order valence-corrected chi connectivity index (χ4v) is 4.44. The molecule has 3 aliphatic heterocycles. The van der Waals surface area contributed by atoms with Crippen LogP contribution in [-0.2, 0) is 0 Å². The minimum atomic E-state index is 0.856. The van der Waals surface area contributed by atoms with E-state index in [1.165, 1.54) is 56.2 Å². The highest BCUT2D eigenvalue weighted by Gasteiger charge is 1.88. The summed E-state index contributed by atoms with van der Waals surface area (Å²) in [7, 11) is 0. The van der Waals surface area contributed by atoms with Crippen molar-refractivity contribution in [1.29, 1.82) is 0 Å². The molecule has 0 radical (unpaired) electrons. The normalized spacial score (nSPS) is 9.79. The van der Waals surface area contributed by atoms with Gasteiger partial charge in [0.05, 0.1) is 43.4 Å². The van der Waals surface area contributed by atoms with Crippen molar-refractivity contribution < 1.29 is 13.6 Å². The average molecular weight is 1060 g/mol. The van der Waals surface area contributed by atoms with Crippen molar-refractivity contribution in [2.45, 2.75) is 187 Å². The van der Waals surface area contributed by atoms with Gasteiger partial charge in [0.2, 0.25) is 0 Å². The number of hydrogen-bond donors (Lipinski definition) is 0. The van der Waals surface area contributed by atoms with Crippen molar-refractivity contribution in [3.05, 3.63) is 141 Å². The van der Waals surface area contributed by atoms with Gasteiger partial charge in [0.1, 0.15) is 18.3 Å². The van der Waals surface area contributed by atoms with Crippen molar-refractivity contribution in [1.82, 2.24) is 28.6 Å². The molecule has 414 valence electrons. The van der Waals surface area contributed by atoms with Crippen LogP contribution >= 0.6 is 34.6 Å². The van der Waals surface area contributed by atoms with E-state index in [0.29, 0.717) is 0 Å². The highest BCUT2D eigenvalue weighted by Crippen LogP contribution is 1.99. The summed E-state index contributed by atoms with van der Waals surface area (Å²) in [5.74, 6) is 0.856. The quantitative estimate of drug-likeness (QED) is 0.145. The zero-order chi connectivity index (χ0) is 57.7. The Balaban J connectivity index is -0.0000000852. The zero-order valence-electron chi connectivity index (χ0n) is 50.5. The molecule has 0 atom stereocenters. The molecule has 0 aliphatic carbocycles. The molecule has 12 nitrogen and oxygen atoms in total. The molecule has 6 aromatic rings. The molecule has 0 saturated heterocycles. The van der Waals surface area contributed by atoms with E-state index in [2.05, 4.69) is 83.1 Å². The second-order valence-electron chi connectivity index (χ2n) is 11.3. The minimum Gasteiger partial charge on any atom is -0.365 e. The van der Waals surface area contributed by atoms with Crippen LogP contribution < -0.4 is 0 Å². The fraction of sp³-hybridized carbons (Fsp3) is 0.526. The number of allylic oxidation sites excluding steroid dienone is 3. The Kier molecular flexibility index (Phi) is 99.3. The lowest BCUT2D eigenvalue weighted by atomic mass is 10.3. The number of aryl methyl sites for hydroxylation is 6. The highest BCUT2D eigenvalue weighted by molar-refractivity contribution is 7.05. The number of aromatic nitrogens is 6. The fourth-order valence-electron chi connectivity index (χ4n) is 2.97. The molecule has 0 spiro atoms. The van der Waals surface area contributed by atoms with Crippen LogP contribution in [0.3, 0.4) is 0 Å². The van der Waals surface area contributed by atoms with Crippen molar-refractivity contribution >= 4 is 52.7 Å². The van der Waals surface area contributed by atoms with Gasteiger partial charge in [-0.1, -0.05) is 158 Å². The van der Waals surface area contributed by atoms with E-state index >= 15 is 0 Å². The Morgan fingerprint density at radius 3 is 1.32 bits per heavy atom. The average Bonchev–Trinajstić information content (AvgIpc) is 4.27. The highest BCUT2D eigenvalue weighted by atomic mass is 32.1. The third-order valence-corrected chi connectivity index (χ3v) is 7.81. The van der Waals surface area contributed by atoms with Gasteiger partial charge in [0.15, 0.2) is 0 Å². The van der Waals surface area contributed by atoms with E-state index in [0.717, 1.165) is 48.1 Å². The summed E-state index contributed by atoms with van der Waals surface area (Å²) in [6.07, 6.45) is 22.0. The summed E-state index contributed by atoms with van der Waals surface area (Å²) in [5.41, 5.74) is 8.14. The monoisotopic (exact) mass is 1060 g/mol. The molecule has 0 amide bonds. The number of hydrogen-bond acceptors (Lipinski definition) is 15. The molecular formula is C57H105N9O3S3. The van der Waals surface area contributed by atoms with Crippen LogP contribution in [0.25, 0.3) is 0 Å². The number of aliphatic imine (C=N–C) groups is 3. The van der Waals surface area contributed by atoms with Crippen LogP contribution in [-0.4, -0.2) is 66.4 Å². The van der Waals surface area contributed by atoms with Gasteiger partial charge in [-0.05, 0) is 132 Å². The van der Waals surface area contributed by atoms with Crippen LogP contribution in [0.5, 0.6) is 0 Å². The first-order valence-corrected chi connectivity index (χ1v) is 28.2. The van der Waals surface area contributed by atoms with Crippen LogP contribution in [0.1, 0.15) is 179 Å². The molecule has 15 heteroatoms. The lowest BCUT2D eigenvalue weighted by Crippen LogP contribution is -1.73. The topological polar surface area (TPSA) is 154 Å². The molecular weight excluding hydrogens is 955 g/mol. The summed E-state index contributed by atoms with van der Waals surface area (Å²) in [4.78, 5) is 13.2. The second-order valence-corrected chi connectivity index (χ2v) is 13.6. The maximum atomic E-state index is 4.58. The summed E-state index contributed by atoms with van der Waals surface area (Å²) in [6, 6.07) is 7.59. The first-order chi connectivity index (χ1) is 35.0. The van der Waals surface area contributed by atoms with Gasteiger partial charge >= 0.3 is 0 Å². The lowest BCUT2D eigenvalue weighted by Gasteiger charge is -1.77. The molecule has 72 heavy (non-hydrogen) atoms. The molecule has 0 saturated carbocycles. The third kappa shape index (κ3) is 78.9. The van der Waals surface area contributed by atoms with Gasteiger partial charge in [-0.3, -0.25) is 15.0 Å². The standard InChI is InChI=1S/3C5H7N.3C4H5NO.3C4H5NS.9C2H6/c2*1-5-2-3-6-4-5;1-5-3-2-4-6-5;1-4-2-5-6-3-4;1-4-2-3-6-5-4;1-4-2-3-5-6-4;1-4-2-5-6-3-4;1-4-2-3-6-5-4;1-4-2-3-5-6-4;9*1-2/h2,4H,3H2,1H3;2*2-3H,4H2,1H3;6*2-3H,1H3;9*1-2H3. The Morgan fingerprint density at radius 2 is 1.19 bits per heavy atom.